The van der Waals surface area contributed by atoms with Crippen LogP contribution in [0.3, 0.4) is 0 Å². The number of ether oxygens (including phenoxy) is 2. The van der Waals surface area contributed by atoms with Gasteiger partial charge in [-0.25, -0.2) is 4.98 Å². The van der Waals surface area contributed by atoms with Crippen molar-refractivity contribution < 1.29 is 9.47 Å². The van der Waals surface area contributed by atoms with Crippen molar-refractivity contribution in [3.63, 3.8) is 0 Å². The van der Waals surface area contributed by atoms with Gasteiger partial charge in [-0.1, -0.05) is 6.07 Å². The molecule has 4 nitrogen and oxygen atoms in total. The fraction of sp³-hybridized carbons (Fsp3) is 0.353. The smallest absolute Gasteiger partial charge is 0.213 e. The highest BCUT2D eigenvalue weighted by Crippen LogP contribution is 2.22. The first-order chi connectivity index (χ1) is 10.1. The Morgan fingerprint density at radius 2 is 2.00 bits per heavy atom. The number of hydrogen-bond donors (Lipinski definition) is 1. The molecule has 0 unspecified atom stereocenters. The number of aryl methyl sites for hydroxylation is 1. The Kier molecular flexibility index (Phi) is 5.04. The van der Waals surface area contributed by atoms with Crippen LogP contribution in [0, 0.1) is 6.92 Å². The third-order valence-corrected chi connectivity index (χ3v) is 3.02. The average Bonchev–Trinajstić information content (AvgIpc) is 2.46. The fourth-order valence-electron chi connectivity index (χ4n) is 2.04. The number of pyridine rings is 1. The van der Waals surface area contributed by atoms with E-state index in [2.05, 4.69) is 17.2 Å². The Morgan fingerprint density at radius 1 is 1.19 bits per heavy atom. The van der Waals surface area contributed by atoms with Crippen LogP contribution in [0.25, 0.3) is 0 Å². The first-order valence-electron chi connectivity index (χ1n) is 7.09. The molecule has 0 fully saturated rings. The van der Waals surface area contributed by atoms with Gasteiger partial charge in [0.15, 0.2) is 0 Å². The molecule has 0 spiro atoms. The number of benzene rings is 1. The molecule has 0 saturated carbocycles. The number of anilines is 1. The second-order valence-electron chi connectivity index (χ2n) is 5.17. The molecule has 2 rings (SSSR count). The summed E-state index contributed by atoms with van der Waals surface area (Å²) in [5.74, 6) is 1.53. The van der Waals surface area contributed by atoms with Gasteiger partial charge in [-0.15, -0.1) is 0 Å². The predicted octanol–water partition coefficient (Wildman–Crippen LogP) is 3.80. The third kappa shape index (κ3) is 4.38. The number of aromatic nitrogens is 1. The molecule has 4 heteroatoms. The van der Waals surface area contributed by atoms with Gasteiger partial charge in [-0.05, 0) is 50.6 Å². The van der Waals surface area contributed by atoms with E-state index in [1.54, 1.807) is 7.11 Å². The van der Waals surface area contributed by atoms with Crippen molar-refractivity contribution in [3.8, 4) is 11.6 Å². The van der Waals surface area contributed by atoms with E-state index in [9.17, 15) is 0 Å². The van der Waals surface area contributed by atoms with E-state index in [0.29, 0.717) is 12.4 Å². The van der Waals surface area contributed by atoms with Gasteiger partial charge >= 0.3 is 0 Å². The Balaban J connectivity index is 2.02. The largest absolute Gasteiger partial charge is 0.491 e. The van der Waals surface area contributed by atoms with Crippen LogP contribution >= 0.6 is 0 Å². The zero-order chi connectivity index (χ0) is 15.2. The molecular weight excluding hydrogens is 264 g/mol. The summed E-state index contributed by atoms with van der Waals surface area (Å²) in [4.78, 5) is 4.38. The van der Waals surface area contributed by atoms with Gasteiger partial charge in [-0.3, -0.25) is 0 Å². The summed E-state index contributed by atoms with van der Waals surface area (Å²) in [5, 5.41) is 3.39. The van der Waals surface area contributed by atoms with Crippen LogP contribution in [0.4, 0.5) is 5.69 Å². The van der Waals surface area contributed by atoms with Crippen molar-refractivity contribution in [1.82, 2.24) is 4.98 Å². The quantitative estimate of drug-likeness (QED) is 0.877. The Bertz CT molecular complexity index is 597. The summed E-state index contributed by atoms with van der Waals surface area (Å²) in [5.41, 5.74) is 3.17. The predicted molar refractivity (Wildman–Crippen MR) is 85.1 cm³/mol. The minimum atomic E-state index is 0.184. The van der Waals surface area contributed by atoms with E-state index >= 15 is 0 Å². The van der Waals surface area contributed by atoms with Crippen LogP contribution in [-0.4, -0.2) is 18.2 Å². The second kappa shape index (κ2) is 6.97. The maximum Gasteiger partial charge on any atom is 0.213 e. The molecule has 0 aliphatic rings. The van der Waals surface area contributed by atoms with E-state index in [-0.39, 0.29) is 6.10 Å². The molecule has 0 radical (unpaired) electrons. The normalized spacial score (nSPS) is 10.5. The second-order valence-corrected chi connectivity index (χ2v) is 5.17. The monoisotopic (exact) mass is 286 g/mol. The SMILES string of the molecule is COc1cccc(CNc2ccc(OC(C)C)cc2C)n1. The van der Waals surface area contributed by atoms with Crippen molar-refractivity contribution in [3.05, 3.63) is 47.7 Å². The Morgan fingerprint density at radius 3 is 2.67 bits per heavy atom. The molecule has 0 aliphatic heterocycles. The number of nitrogens with zero attached hydrogens (tertiary/aromatic N) is 1. The lowest BCUT2D eigenvalue weighted by atomic mass is 10.2. The maximum atomic E-state index is 5.69. The minimum absolute atomic E-state index is 0.184. The number of methoxy groups -OCH3 is 1. The maximum absolute atomic E-state index is 5.69. The summed E-state index contributed by atoms with van der Waals surface area (Å²) >= 11 is 0. The van der Waals surface area contributed by atoms with Crippen LogP contribution in [0.1, 0.15) is 25.1 Å². The molecule has 0 bridgehead atoms. The van der Waals surface area contributed by atoms with Gasteiger partial charge in [0.25, 0.3) is 0 Å². The summed E-state index contributed by atoms with van der Waals surface area (Å²) in [6.07, 6.45) is 0.184. The Labute approximate surface area is 126 Å². The van der Waals surface area contributed by atoms with E-state index in [1.165, 1.54) is 0 Å². The molecule has 1 N–H and O–H groups in total. The van der Waals surface area contributed by atoms with E-state index < -0.39 is 0 Å². The highest BCUT2D eigenvalue weighted by molar-refractivity contribution is 5.53. The standard InChI is InChI=1S/C17H22N2O2/c1-12(2)21-15-8-9-16(13(3)10-15)18-11-14-6-5-7-17(19-14)20-4/h5-10,12,18H,11H2,1-4H3. The minimum Gasteiger partial charge on any atom is -0.491 e. The highest BCUT2D eigenvalue weighted by Gasteiger charge is 2.03. The summed E-state index contributed by atoms with van der Waals surface area (Å²) in [6, 6.07) is 11.8. The number of rotatable bonds is 6. The number of nitrogens with one attached hydrogen (secondary N) is 1. The lowest BCUT2D eigenvalue weighted by molar-refractivity contribution is 0.242. The zero-order valence-electron chi connectivity index (χ0n) is 13.0. The van der Waals surface area contributed by atoms with Gasteiger partial charge < -0.3 is 14.8 Å². The van der Waals surface area contributed by atoms with Gasteiger partial charge in [0.1, 0.15) is 5.75 Å². The molecule has 1 aromatic carbocycles. The Hall–Kier alpha value is -2.23. The molecule has 0 aliphatic carbocycles. The molecule has 0 amide bonds. The van der Waals surface area contributed by atoms with Crippen LogP contribution < -0.4 is 14.8 Å². The summed E-state index contributed by atoms with van der Waals surface area (Å²) in [7, 11) is 1.62. The van der Waals surface area contributed by atoms with Gasteiger partial charge in [0.05, 0.1) is 25.5 Å². The van der Waals surface area contributed by atoms with Gasteiger partial charge in [0, 0.05) is 11.8 Å². The fourth-order valence-corrected chi connectivity index (χ4v) is 2.04. The highest BCUT2D eigenvalue weighted by atomic mass is 16.5. The molecule has 1 heterocycles. The molecule has 1 aromatic heterocycles. The van der Waals surface area contributed by atoms with Crippen LogP contribution in [-0.2, 0) is 6.54 Å². The number of hydrogen-bond acceptors (Lipinski definition) is 4. The molecular formula is C17H22N2O2. The van der Waals surface area contributed by atoms with Crippen molar-refractivity contribution in [2.75, 3.05) is 12.4 Å². The van der Waals surface area contributed by atoms with Crippen molar-refractivity contribution in [2.24, 2.45) is 0 Å². The zero-order valence-corrected chi connectivity index (χ0v) is 13.0. The van der Waals surface area contributed by atoms with Gasteiger partial charge in [-0.2, -0.15) is 0 Å². The molecule has 0 atom stereocenters. The summed E-state index contributed by atoms with van der Waals surface area (Å²) < 4.78 is 10.8. The molecule has 2 aromatic rings. The van der Waals surface area contributed by atoms with Crippen molar-refractivity contribution in [2.45, 2.75) is 33.4 Å². The molecule has 112 valence electrons. The molecule has 0 saturated heterocycles. The van der Waals surface area contributed by atoms with E-state index in [4.69, 9.17) is 9.47 Å². The third-order valence-electron chi connectivity index (χ3n) is 3.02. The first kappa shape index (κ1) is 15.2. The van der Waals surface area contributed by atoms with E-state index in [0.717, 1.165) is 22.7 Å². The first-order valence-corrected chi connectivity index (χ1v) is 7.09. The topological polar surface area (TPSA) is 43.4 Å². The van der Waals surface area contributed by atoms with Crippen LogP contribution in [0.15, 0.2) is 36.4 Å². The molecule has 21 heavy (non-hydrogen) atoms. The van der Waals surface area contributed by atoms with Crippen molar-refractivity contribution >= 4 is 5.69 Å². The van der Waals surface area contributed by atoms with Crippen molar-refractivity contribution in [1.29, 1.82) is 0 Å². The summed E-state index contributed by atoms with van der Waals surface area (Å²) in [6.45, 7) is 6.77. The van der Waals surface area contributed by atoms with Crippen LogP contribution in [0.2, 0.25) is 0 Å². The van der Waals surface area contributed by atoms with E-state index in [1.807, 2.05) is 50.2 Å². The van der Waals surface area contributed by atoms with Gasteiger partial charge in [0.2, 0.25) is 5.88 Å². The average molecular weight is 286 g/mol. The lowest BCUT2D eigenvalue weighted by Gasteiger charge is -2.14. The van der Waals surface area contributed by atoms with Crippen LogP contribution in [0.5, 0.6) is 11.6 Å². The lowest BCUT2D eigenvalue weighted by Crippen LogP contribution is -2.07.